The maximum Gasteiger partial charge on any atom is 0.167 e. The molecule has 0 heterocycles. The van der Waals surface area contributed by atoms with E-state index in [4.69, 9.17) is 12.2 Å². The van der Waals surface area contributed by atoms with Crippen molar-refractivity contribution < 1.29 is 0 Å². The van der Waals surface area contributed by atoms with Gasteiger partial charge in [0.25, 0.3) is 0 Å². The molecular weight excluding hydrogens is 276 g/mol. The van der Waals surface area contributed by atoms with Gasteiger partial charge in [-0.1, -0.05) is 60.7 Å². The number of benzene rings is 2. The van der Waals surface area contributed by atoms with Crippen LogP contribution in [0.2, 0.25) is 0 Å². The van der Waals surface area contributed by atoms with Crippen LogP contribution < -0.4 is 10.6 Å². The highest BCUT2D eigenvalue weighted by atomic mass is 32.1. The summed E-state index contributed by atoms with van der Waals surface area (Å²) in [7, 11) is 0. The van der Waals surface area contributed by atoms with Crippen molar-refractivity contribution in [1.82, 2.24) is 10.6 Å². The average Bonchev–Trinajstić information content (AvgIpc) is 2.80. The molecule has 0 aliphatic heterocycles. The van der Waals surface area contributed by atoms with Crippen molar-refractivity contribution in [1.29, 1.82) is 0 Å². The van der Waals surface area contributed by atoms with Crippen LogP contribution in [0.15, 0.2) is 60.7 Å². The van der Waals surface area contributed by atoms with Gasteiger partial charge in [-0.3, -0.25) is 0 Å². The average molecular weight is 294 g/mol. The third-order valence-electron chi connectivity index (χ3n) is 3.66. The van der Waals surface area contributed by atoms with Gasteiger partial charge in [-0.2, -0.15) is 0 Å². The molecule has 0 spiro atoms. The summed E-state index contributed by atoms with van der Waals surface area (Å²) in [6.07, 6.45) is 0. The summed E-state index contributed by atoms with van der Waals surface area (Å²) >= 11 is 5.40. The summed E-state index contributed by atoms with van der Waals surface area (Å²) in [6.45, 7) is 6.56. The molecule has 106 valence electrons. The van der Waals surface area contributed by atoms with Crippen LogP contribution >= 0.6 is 12.2 Å². The van der Waals surface area contributed by atoms with Crippen molar-refractivity contribution in [3.05, 3.63) is 71.8 Å². The first-order valence-electron chi connectivity index (χ1n) is 7.04. The molecule has 0 atom stereocenters. The molecule has 21 heavy (non-hydrogen) atoms. The SMILES string of the molecule is C=C(C)CNC(=S)NC1c2ccccc2-c2ccccc21. The molecule has 0 radical (unpaired) electrons. The molecule has 0 fully saturated rings. The van der Waals surface area contributed by atoms with E-state index in [1.165, 1.54) is 22.3 Å². The maximum atomic E-state index is 5.40. The molecule has 3 rings (SSSR count). The molecule has 2 aromatic rings. The van der Waals surface area contributed by atoms with Gasteiger partial charge in [-0.15, -0.1) is 0 Å². The molecule has 1 aliphatic rings. The Morgan fingerprint density at radius 3 is 2.10 bits per heavy atom. The first-order chi connectivity index (χ1) is 10.2. The predicted octanol–water partition coefficient (Wildman–Crippen LogP) is 3.80. The minimum atomic E-state index is 0.113. The second-order valence-electron chi connectivity index (χ2n) is 5.39. The topological polar surface area (TPSA) is 24.1 Å². The molecule has 1 aliphatic carbocycles. The van der Waals surface area contributed by atoms with E-state index in [0.29, 0.717) is 11.7 Å². The van der Waals surface area contributed by atoms with Crippen LogP contribution in [0.3, 0.4) is 0 Å². The Bertz CT molecular complexity index is 660. The predicted molar refractivity (Wildman–Crippen MR) is 92.3 cm³/mol. The van der Waals surface area contributed by atoms with Crippen LogP contribution in [0.4, 0.5) is 0 Å². The van der Waals surface area contributed by atoms with Gasteiger partial charge in [0.2, 0.25) is 0 Å². The number of nitrogens with one attached hydrogen (secondary N) is 2. The van der Waals surface area contributed by atoms with E-state index in [2.05, 4.69) is 65.7 Å². The Hall–Kier alpha value is -2.13. The summed E-state index contributed by atoms with van der Waals surface area (Å²) in [5.74, 6) is 0. The molecule has 0 bridgehead atoms. The fourth-order valence-corrected chi connectivity index (χ4v) is 2.91. The lowest BCUT2D eigenvalue weighted by Crippen LogP contribution is -2.38. The van der Waals surface area contributed by atoms with Crippen LogP contribution in [0.25, 0.3) is 11.1 Å². The van der Waals surface area contributed by atoms with E-state index in [9.17, 15) is 0 Å². The number of fused-ring (bicyclic) bond motifs is 3. The fourth-order valence-electron chi connectivity index (χ4n) is 2.72. The lowest BCUT2D eigenvalue weighted by molar-refractivity contribution is 0.762. The summed E-state index contributed by atoms with van der Waals surface area (Å²) in [6, 6.07) is 17.1. The standard InChI is InChI=1S/C18H18N2S/c1-12(2)11-19-18(21)20-17-15-9-5-3-7-13(15)14-8-4-6-10-16(14)17/h3-10,17H,1,11H2,2H3,(H2,19,20,21). The van der Waals surface area contributed by atoms with Gasteiger partial charge < -0.3 is 10.6 Å². The molecular formula is C18H18N2S. The van der Waals surface area contributed by atoms with Gasteiger partial charge in [-0.05, 0) is 41.4 Å². The number of hydrogen-bond donors (Lipinski definition) is 2. The smallest absolute Gasteiger partial charge is 0.167 e. The second kappa shape index (κ2) is 5.70. The zero-order valence-electron chi connectivity index (χ0n) is 12.0. The zero-order valence-corrected chi connectivity index (χ0v) is 12.8. The van der Waals surface area contributed by atoms with E-state index in [-0.39, 0.29) is 6.04 Å². The van der Waals surface area contributed by atoms with Crippen molar-refractivity contribution in [3.63, 3.8) is 0 Å². The highest BCUT2D eigenvalue weighted by Gasteiger charge is 2.28. The Morgan fingerprint density at radius 1 is 1.05 bits per heavy atom. The minimum absolute atomic E-state index is 0.113. The van der Waals surface area contributed by atoms with E-state index < -0.39 is 0 Å². The lowest BCUT2D eigenvalue weighted by atomic mass is 10.1. The van der Waals surface area contributed by atoms with E-state index in [1.54, 1.807) is 0 Å². The first kappa shape index (κ1) is 13.8. The van der Waals surface area contributed by atoms with Crippen LogP contribution in [0, 0.1) is 0 Å². The molecule has 2 aromatic carbocycles. The van der Waals surface area contributed by atoms with Crippen LogP contribution in [0.1, 0.15) is 24.1 Å². The Labute approximate surface area is 130 Å². The highest BCUT2D eigenvalue weighted by Crippen LogP contribution is 2.42. The normalized spacial score (nSPS) is 12.4. The van der Waals surface area contributed by atoms with Crippen LogP contribution in [-0.2, 0) is 0 Å². The highest BCUT2D eigenvalue weighted by molar-refractivity contribution is 7.80. The van der Waals surface area contributed by atoms with Crippen molar-refractivity contribution >= 4 is 17.3 Å². The van der Waals surface area contributed by atoms with Crippen LogP contribution in [0.5, 0.6) is 0 Å². The molecule has 3 heteroatoms. The van der Waals surface area contributed by atoms with E-state index in [0.717, 1.165) is 5.57 Å². The van der Waals surface area contributed by atoms with Crippen molar-refractivity contribution in [3.8, 4) is 11.1 Å². The van der Waals surface area contributed by atoms with E-state index in [1.807, 2.05) is 6.92 Å². The molecule has 0 saturated heterocycles. The van der Waals surface area contributed by atoms with Crippen molar-refractivity contribution in [2.24, 2.45) is 0 Å². The largest absolute Gasteiger partial charge is 0.359 e. The van der Waals surface area contributed by atoms with Gasteiger partial charge in [0.1, 0.15) is 0 Å². The van der Waals surface area contributed by atoms with Crippen LogP contribution in [-0.4, -0.2) is 11.7 Å². The molecule has 2 nitrogen and oxygen atoms in total. The molecule has 2 N–H and O–H groups in total. The molecule has 0 aromatic heterocycles. The number of thiocarbonyl (C=S) groups is 1. The number of hydrogen-bond acceptors (Lipinski definition) is 1. The Kier molecular flexibility index (Phi) is 3.76. The van der Waals surface area contributed by atoms with E-state index >= 15 is 0 Å². The van der Waals surface area contributed by atoms with Crippen molar-refractivity contribution in [2.45, 2.75) is 13.0 Å². The van der Waals surface area contributed by atoms with Crippen molar-refractivity contribution in [2.75, 3.05) is 6.54 Å². The zero-order chi connectivity index (χ0) is 14.8. The van der Waals surface area contributed by atoms with Gasteiger partial charge >= 0.3 is 0 Å². The van der Waals surface area contributed by atoms with Gasteiger partial charge in [0.05, 0.1) is 6.04 Å². The molecule has 0 saturated carbocycles. The maximum absolute atomic E-state index is 5.40. The van der Waals surface area contributed by atoms with Gasteiger partial charge in [0, 0.05) is 6.54 Å². The Morgan fingerprint density at radius 2 is 1.57 bits per heavy atom. The monoisotopic (exact) mass is 294 g/mol. The second-order valence-corrected chi connectivity index (χ2v) is 5.80. The third kappa shape index (κ3) is 2.69. The van der Waals surface area contributed by atoms with Gasteiger partial charge in [0.15, 0.2) is 5.11 Å². The number of rotatable bonds is 3. The quantitative estimate of drug-likeness (QED) is 0.665. The lowest BCUT2D eigenvalue weighted by Gasteiger charge is -2.18. The minimum Gasteiger partial charge on any atom is -0.359 e. The summed E-state index contributed by atoms with van der Waals surface area (Å²) in [4.78, 5) is 0. The summed E-state index contributed by atoms with van der Waals surface area (Å²) in [5.41, 5.74) is 6.18. The molecule has 0 amide bonds. The summed E-state index contributed by atoms with van der Waals surface area (Å²) < 4.78 is 0. The molecule has 0 unspecified atom stereocenters. The first-order valence-corrected chi connectivity index (χ1v) is 7.44. The third-order valence-corrected chi connectivity index (χ3v) is 3.92. The fraction of sp³-hybridized carbons (Fsp3) is 0.167. The van der Waals surface area contributed by atoms with Gasteiger partial charge in [-0.25, -0.2) is 0 Å². The Balaban J connectivity index is 1.88. The summed E-state index contributed by atoms with van der Waals surface area (Å²) in [5, 5.41) is 7.28.